The summed E-state index contributed by atoms with van der Waals surface area (Å²) in [5.41, 5.74) is 1.46. The lowest BCUT2D eigenvalue weighted by atomic mass is 10.1. The van der Waals surface area contributed by atoms with Crippen molar-refractivity contribution < 1.29 is 29.0 Å². The van der Waals surface area contributed by atoms with Gasteiger partial charge in [0.2, 0.25) is 5.91 Å². The van der Waals surface area contributed by atoms with E-state index in [-0.39, 0.29) is 35.7 Å². The molecule has 3 aromatic rings. The fourth-order valence-electron chi connectivity index (χ4n) is 3.25. The zero-order valence-corrected chi connectivity index (χ0v) is 16.7. The third-order valence-corrected chi connectivity index (χ3v) is 4.99. The van der Waals surface area contributed by atoms with E-state index in [0.717, 1.165) is 6.07 Å². The van der Waals surface area contributed by atoms with Gasteiger partial charge < -0.3 is 15.5 Å². The summed E-state index contributed by atoms with van der Waals surface area (Å²) in [5, 5.41) is 21.5. The highest BCUT2D eigenvalue weighted by atomic mass is 35.5. The molecule has 1 amide bonds. The van der Waals surface area contributed by atoms with Crippen LogP contribution in [0.2, 0.25) is 5.02 Å². The van der Waals surface area contributed by atoms with Crippen LogP contribution in [-0.4, -0.2) is 39.1 Å². The predicted molar refractivity (Wildman–Crippen MR) is 108 cm³/mol. The molecule has 0 fully saturated rings. The number of halogens is 2. The number of aromatic nitrogens is 1. The molecule has 3 N–H and O–H groups in total. The molecule has 0 unspecified atom stereocenters. The fourth-order valence-corrected chi connectivity index (χ4v) is 3.36. The van der Waals surface area contributed by atoms with Crippen LogP contribution >= 0.6 is 11.6 Å². The second-order valence-corrected chi connectivity index (χ2v) is 7.11. The molecule has 0 aliphatic heterocycles. The molecule has 2 aromatic carbocycles. The van der Waals surface area contributed by atoms with Gasteiger partial charge in [0.25, 0.3) is 5.91 Å². The van der Waals surface area contributed by atoms with Crippen LogP contribution in [0.25, 0.3) is 10.9 Å². The lowest BCUT2D eigenvalue weighted by Crippen LogP contribution is -2.27. The molecule has 156 valence electrons. The Morgan fingerprint density at radius 1 is 1.17 bits per heavy atom. The number of carbonyl (C=O) groups excluding carboxylic acids is 2. The first-order valence-corrected chi connectivity index (χ1v) is 9.38. The molecule has 0 spiro atoms. The van der Waals surface area contributed by atoms with Crippen LogP contribution in [0, 0.1) is 12.7 Å². The fraction of sp³-hybridized carbons (Fsp3) is 0.190. The van der Waals surface area contributed by atoms with Gasteiger partial charge in [-0.1, -0.05) is 11.6 Å². The third-order valence-electron chi connectivity index (χ3n) is 4.69. The summed E-state index contributed by atoms with van der Waals surface area (Å²) in [7, 11) is 0. The molecule has 0 bridgehead atoms. The molecule has 7 nitrogen and oxygen atoms in total. The van der Waals surface area contributed by atoms with Crippen LogP contribution in [0.1, 0.15) is 28.0 Å². The highest BCUT2D eigenvalue weighted by Gasteiger charge is 2.22. The highest BCUT2D eigenvalue weighted by Crippen LogP contribution is 2.30. The quantitative estimate of drug-likeness (QED) is 0.554. The summed E-state index contributed by atoms with van der Waals surface area (Å²) in [4.78, 5) is 36.0. The van der Waals surface area contributed by atoms with E-state index in [0.29, 0.717) is 22.2 Å². The Kier molecular flexibility index (Phi) is 6.07. The molecule has 1 heterocycles. The molecule has 9 heteroatoms. The Labute approximate surface area is 175 Å². The molecular formula is C21H18ClFN2O5. The lowest BCUT2D eigenvalue weighted by molar-refractivity contribution is -0.136. The van der Waals surface area contributed by atoms with E-state index in [1.807, 2.05) is 0 Å². The number of carboxylic acids is 1. The summed E-state index contributed by atoms with van der Waals surface area (Å²) in [6.45, 7) is 1.61. The summed E-state index contributed by atoms with van der Waals surface area (Å²) < 4.78 is 15.2. The van der Waals surface area contributed by atoms with Crippen molar-refractivity contribution in [1.82, 2.24) is 9.88 Å². The van der Waals surface area contributed by atoms with Crippen LogP contribution in [-0.2, 0) is 16.0 Å². The maximum absolute atomic E-state index is 13.9. The molecule has 0 radical (unpaired) electrons. The molecule has 0 saturated heterocycles. The van der Waals surface area contributed by atoms with Gasteiger partial charge in [0.15, 0.2) is 0 Å². The first-order valence-electron chi connectivity index (χ1n) is 9.00. The SMILES string of the molecule is Cc1c(CC(=O)NCCC(=O)O)c2cc(O)ccc2n1C(=O)c1ccc(Cl)c(F)c1. The smallest absolute Gasteiger partial charge is 0.305 e. The molecule has 30 heavy (non-hydrogen) atoms. The monoisotopic (exact) mass is 432 g/mol. The van der Waals surface area contributed by atoms with Gasteiger partial charge in [-0.05, 0) is 48.9 Å². The van der Waals surface area contributed by atoms with Crippen molar-refractivity contribution in [2.24, 2.45) is 0 Å². The van der Waals surface area contributed by atoms with Crippen molar-refractivity contribution in [2.75, 3.05) is 6.54 Å². The molecule has 3 rings (SSSR count). The number of aliphatic carboxylic acids is 1. The number of nitrogens with zero attached hydrogens (tertiary/aromatic N) is 1. The second kappa shape index (κ2) is 8.54. The number of carboxylic acid groups (broad SMARTS) is 1. The number of nitrogens with one attached hydrogen (secondary N) is 1. The predicted octanol–water partition coefficient (Wildman–Crippen LogP) is 3.27. The maximum atomic E-state index is 13.9. The summed E-state index contributed by atoms with van der Waals surface area (Å²) in [6.07, 6.45) is -0.339. The van der Waals surface area contributed by atoms with Crippen molar-refractivity contribution >= 4 is 40.3 Å². The Bertz CT molecular complexity index is 1170. The number of benzene rings is 2. The van der Waals surface area contributed by atoms with Crippen molar-refractivity contribution in [1.29, 1.82) is 0 Å². The number of carbonyl (C=O) groups is 3. The Morgan fingerprint density at radius 2 is 1.90 bits per heavy atom. The van der Waals surface area contributed by atoms with Crippen molar-refractivity contribution in [3.63, 3.8) is 0 Å². The topological polar surface area (TPSA) is 109 Å². The van der Waals surface area contributed by atoms with E-state index in [1.165, 1.54) is 34.9 Å². The standard InChI is InChI=1S/C21H18ClFN2O5/c1-11-14(10-19(27)24-7-6-20(28)29)15-9-13(26)3-5-18(15)25(11)21(30)12-2-4-16(22)17(23)8-12/h2-5,8-9,26H,6-7,10H2,1H3,(H,24,27)(H,28,29). The Morgan fingerprint density at radius 3 is 2.57 bits per heavy atom. The first kappa shape index (κ1) is 21.3. The minimum atomic E-state index is -1.03. The highest BCUT2D eigenvalue weighted by molar-refractivity contribution is 6.30. The van der Waals surface area contributed by atoms with Crippen LogP contribution in [0.4, 0.5) is 4.39 Å². The van der Waals surface area contributed by atoms with Gasteiger partial charge in [0, 0.05) is 23.2 Å². The van der Waals surface area contributed by atoms with E-state index in [1.54, 1.807) is 6.92 Å². The van der Waals surface area contributed by atoms with Crippen LogP contribution in [0.5, 0.6) is 5.75 Å². The maximum Gasteiger partial charge on any atom is 0.305 e. The number of phenolic OH excluding ortho intramolecular Hbond substituents is 1. The van der Waals surface area contributed by atoms with Gasteiger partial charge in [-0.25, -0.2) is 4.39 Å². The number of hydrogen-bond donors (Lipinski definition) is 3. The number of amides is 1. The molecule has 0 aliphatic rings. The normalized spacial score (nSPS) is 10.9. The van der Waals surface area contributed by atoms with Crippen molar-refractivity contribution in [3.05, 3.63) is 64.1 Å². The summed E-state index contributed by atoms with van der Waals surface area (Å²) in [5.74, 6) is -2.75. The average Bonchev–Trinajstić information content (AvgIpc) is 2.94. The number of rotatable bonds is 6. The Hall–Kier alpha value is -3.39. The van der Waals surface area contributed by atoms with E-state index < -0.39 is 23.6 Å². The van der Waals surface area contributed by atoms with E-state index >= 15 is 0 Å². The third kappa shape index (κ3) is 4.28. The molecular weight excluding hydrogens is 415 g/mol. The summed E-state index contributed by atoms with van der Waals surface area (Å²) in [6, 6.07) is 8.10. The molecule has 0 aliphatic carbocycles. The minimum absolute atomic E-state index is 0.0277. The van der Waals surface area contributed by atoms with Crippen molar-refractivity contribution in [3.8, 4) is 5.75 Å². The average molecular weight is 433 g/mol. The van der Waals surface area contributed by atoms with Gasteiger partial charge in [0.1, 0.15) is 11.6 Å². The van der Waals surface area contributed by atoms with Gasteiger partial charge >= 0.3 is 5.97 Å². The number of aromatic hydroxyl groups is 1. The van der Waals surface area contributed by atoms with Crippen molar-refractivity contribution in [2.45, 2.75) is 19.8 Å². The minimum Gasteiger partial charge on any atom is -0.508 e. The lowest BCUT2D eigenvalue weighted by Gasteiger charge is -2.08. The molecule has 0 saturated carbocycles. The van der Waals surface area contributed by atoms with Crippen LogP contribution in [0.15, 0.2) is 36.4 Å². The first-order chi connectivity index (χ1) is 14.2. The number of hydrogen-bond acceptors (Lipinski definition) is 4. The zero-order chi connectivity index (χ0) is 22.0. The molecule has 1 aromatic heterocycles. The summed E-state index contributed by atoms with van der Waals surface area (Å²) >= 11 is 5.70. The van der Waals surface area contributed by atoms with E-state index in [9.17, 15) is 23.9 Å². The van der Waals surface area contributed by atoms with Gasteiger partial charge in [-0.15, -0.1) is 0 Å². The van der Waals surface area contributed by atoms with Gasteiger partial charge in [-0.3, -0.25) is 19.0 Å². The second-order valence-electron chi connectivity index (χ2n) is 6.71. The zero-order valence-electron chi connectivity index (χ0n) is 15.9. The van der Waals surface area contributed by atoms with E-state index in [2.05, 4.69) is 5.32 Å². The van der Waals surface area contributed by atoms with Crippen LogP contribution in [0.3, 0.4) is 0 Å². The van der Waals surface area contributed by atoms with E-state index in [4.69, 9.17) is 16.7 Å². The van der Waals surface area contributed by atoms with Gasteiger partial charge in [-0.2, -0.15) is 0 Å². The number of fused-ring (bicyclic) bond motifs is 1. The Balaban J connectivity index is 2.02. The largest absolute Gasteiger partial charge is 0.508 e. The number of phenols is 1. The van der Waals surface area contributed by atoms with Crippen LogP contribution < -0.4 is 5.32 Å². The molecule has 0 atom stereocenters. The van der Waals surface area contributed by atoms with Gasteiger partial charge in [0.05, 0.1) is 23.4 Å².